The molecule has 92 valence electrons. The van der Waals surface area contributed by atoms with Crippen molar-refractivity contribution in [3.63, 3.8) is 0 Å². The van der Waals surface area contributed by atoms with Crippen LogP contribution in [-0.4, -0.2) is 37.3 Å². The average Bonchev–Trinajstić information content (AvgIpc) is 2.35. The number of aliphatic carboxylic acids is 1. The van der Waals surface area contributed by atoms with Crippen LogP contribution in [0.1, 0.15) is 12.0 Å². The Hall–Kier alpha value is -1.55. The predicted octanol–water partition coefficient (Wildman–Crippen LogP) is 1.11. The van der Waals surface area contributed by atoms with E-state index in [1.807, 2.05) is 12.1 Å². The minimum Gasteiger partial charge on any atom is -0.480 e. The van der Waals surface area contributed by atoms with Crippen LogP contribution in [0.3, 0.4) is 0 Å². The topological polar surface area (TPSA) is 52.6 Å². The first-order valence-corrected chi connectivity index (χ1v) is 5.95. The maximum atomic E-state index is 11.0. The molecule has 0 aliphatic carbocycles. The Balaban J connectivity index is 2.15. The molecule has 1 unspecified atom stereocenters. The van der Waals surface area contributed by atoms with Gasteiger partial charge in [0.2, 0.25) is 0 Å². The van der Waals surface area contributed by atoms with Crippen LogP contribution in [0.5, 0.6) is 0 Å². The zero-order valence-electron chi connectivity index (χ0n) is 10.0. The van der Waals surface area contributed by atoms with Crippen LogP contribution in [0, 0.1) is 0 Å². The van der Waals surface area contributed by atoms with Gasteiger partial charge in [0.1, 0.15) is 6.04 Å². The lowest BCUT2D eigenvalue weighted by molar-refractivity contribution is -0.139. The molecule has 0 bridgehead atoms. The molecule has 4 heteroatoms. The molecule has 0 saturated heterocycles. The molecule has 17 heavy (non-hydrogen) atoms. The molecule has 1 aromatic carbocycles. The molecular formula is C13H18N2O2. The SMILES string of the molecule is CNC(CN1CCCc2ccccc21)C(=O)O. The average molecular weight is 234 g/mol. The van der Waals surface area contributed by atoms with Crippen LogP contribution in [-0.2, 0) is 11.2 Å². The van der Waals surface area contributed by atoms with E-state index in [2.05, 4.69) is 22.3 Å². The highest BCUT2D eigenvalue weighted by Gasteiger charge is 2.22. The maximum Gasteiger partial charge on any atom is 0.322 e. The second kappa shape index (κ2) is 5.19. The lowest BCUT2D eigenvalue weighted by atomic mass is 10.0. The molecule has 1 atom stereocenters. The zero-order chi connectivity index (χ0) is 12.3. The number of fused-ring (bicyclic) bond motifs is 1. The number of nitrogens with one attached hydrogen (secondary N) is 1. The summed E-state index contributed by atoms with van der Waals surface area (Å²) in [5, 5.41) is 11.9. The normalized spacial score (nSPS) is 16.4. The molecule has 0 saturated carbocycles. The first-order valence-electron chi connectivity index (χ1n) is 5.95. The number of carboxylic acids is 1. The van der Waals surface area contributed by atoms with Gasteiger partial charge in [-0.1, -0.05) is 18.2 Å². The van der Waals surface area contributed by atoms with E-state index in [-0.39, 0.29) is 0 Å². The molecule has 0 amide bonds. The van der Waals surface area contributed by atoms with Crippen molar-refractivity contribution in [1.82, 2.24) is 5.32 Å². The summed E-state index contributed by atoms with van der Waals surface area (Å²) in [7, 11) is 1.69. The summed E-state index contributed by atoms with van der Waals surface area (Å²) in [5.41, 5.74) is 2.50. The summed E-state index contributed by atoms with van der Waals surface area (Å²) in [4.78, 5) is 13.2. The van der Waals surface area contributed by atoms with Gasteiger partial charge in [-0.3, -0.25) is 4.79 Å². The predicted molar refractivity (Wildman–Crippen MR) is 67.5 cm³/mol. The third kappa shape index (κ3) is 2.58. The van der Waals surface area contributed by atoms with E-state index in [0.717, 1.165) is 19.4 Å². The van der Waals surface area contributed by atoms with E-state index in [0.29, 0.717) is 6.54 Å². The van der Waals surface area contributed by atoms with Crippen LogP contribution in [0.2, 0.25) is 0 Å². The fourth-order valence-corrected chi connectivity index (χ4v) is 2.31. The monoisotopic (exact) mass is 234 g/mol. The summed E-state index contributed by atoms with van der Waals surface area (Å²) >= 11 is 0. The number of hydrogen-bond donors (Lipinski definition) is 2. The van der Waals surface area contributed by atoms with E-state index >= 15 is 0 Å². The Morgan fingerprint density at radius 1 is 1.53 bits per heavy atom. The fraction of sp³-hybridized carbons (Fsp3) is 0.462. The molecule has 0 radical (unpaired) electrons. The van der Waals surface area contributed by atoms with Crippen LogP contribution >= 0.6 is 0 Å². The summed E-state index contributed by atoms with van der Waals surface area (Å²) in [5.74, 6) is -0.796. The quantitative estimate of drug-likeness (QED) is 0.819. The smallest absolute Gasteiger partial charge is 0.322 e. The summed E-state index contributed by atoms with van der Waals surface area (Å²) in [6, 6.07) is 7.72. The first kappa shape index (κ1) is 11.9. The van der Waals surface area contributed by atoms with Gasteiger partial charge < -0.3 is 15.3 Å². The van der Waals surface area contributed by atoms with Crippen molar-refractivity contribution >= 4 is 11.7 Å². The highest BCUT2D eigenvalue weighted by molar-refractivity contribution is 5.74. The van der Waals surface area contributed by atoms with E-state index in [4.69, 9.17) is 5.11 Å². The largest absolute Gasteiger partial charge is 0.480 e. The minimum atomic E-state index is -0.796. The number of hydrogen-bond acceptors (Lipinski definition) is 3. The van der Waals surface area contributed by atoms with Crippen molar-refractivity contribution in [3.8, 4) is 0 Å². The number of nitrogens with zero attached hydrogens (tertiary/aromatic N) is 1. The highest BCUT2D eigenvalue weighted by atomic mass is 16.4. The van der Waals surface area contributed by atoms with Crippen molar-refractivity contribution in [1.29, 1.82) is 0 Å². The lowest BCUT2D eigenvalue weighted by Gasteiger charge is -2.33. The number of rotatable bonds is 4. The Bertz CT molecular complexity index is 406. The van der Waals surface area contributed by atoms with E-state index in [1.54, 1.807) is 7.05 Å². The van der Waals surface area contributed by atoms with Crippen molar-refractivity contribution in [2.75, 3.05) is 25.0 Å². The standard InChI is InChI=1S/C13H18N2O2/c1-14-11(13(16)17)9-15-8-4-6-10-5-2-3-7-12(10)15/h2-3,5,7,11,14H,4,6,8-9H2,1H3,(H,16,17). The van der Waals surface area contributed by atoms with Gasteiger partial charge in [0.05, 0.1) is 0 Å². The van der Waals surface area contributed by atoms with E-state index < -0.39 is 12.0 Å². The molecule has 4 nitrogen and oxygen atoms in total. The minimum absolute atomic E-state index is 0.513. The zero-order valence-corrected chi connectivity index (χ0v) is 10.0. The van der Waals surface area contributed by atoms with Gasteiger partial charge in [-0.15, -0.1) is 0 Å². The van der Waals surface area contributed by atoms with Gasteiger partial charge in [0.25, 0.3) is 0 Å². The van der Waals surface area contributed by atoms with Crippen LogP contribution in [0.15, 0.2) is 24.3 Å². The van der Waals surface area contributed by atoms with Gasteiger partial charge in [0.15, 0.2) is 0 Å². The second-order valence-electron chi connectivity index (χ2n) is 4.36. The van der Waals surface area contributed by atoms with E-state index in [9.17, 15) is 4.79 Å². The maximum absolute atomic E-state index is 11.0. The molecule has 2 N–H and O–H groups in total. The molecule has 0 spiro atoms. The molecule has 1 aliphatic heterocycles. The first-order chi connectivity index (χ1) is 8.22. The van der Waals surface area contributed by atoms with Gasteiger partial charge in [0, 0.05) is 18.8 Å². The Labute approximate surface area is 101 Å². The van der Waals surface area contributed by atoms with Crippen molar-refractivity contribution < 1.29 is 9.90 Å². The fourth-order valence-electron chi connectivity index (χ4n) is 2.31. The number of carboxylic acid groups (broad SMARTS) is 1. The second-order valence-corrected chi connectivity index (χ2v) is 4.36. The van der Waals surface area contributed by atoms with Crippen molar-refractivity contribution in [2.45, 2.75) is 18.9 Å². The number of para-hydroxylation sites is 1. The Morgan fingerprint density at radius 3 is 3.00 bits per heavy atom. The molecule has 0 aromatic heterocycles. The van der Waals surface area contributed by atoms with Crippen molar-refractivity contribution in [3.05, 3.63) is 29.8 Å². The molecule has 2 rings (SSSR count). The number of carbonyl (C=O) groups is 1. The summed E-state index contributed by atoms with van der Waals surface area (Å²) in [6.07, 6.45) is 2.18. The van der Waals surface area contributed by atoms with Gasteiger partial charge >= 0.3 is 5.97 Å². The highest BCUT2D eigenvalue weighted by Crippen LogP contribution is 2.26. The Kier molecular flexibility index (Phi) is 3.64. The van der Waals surface area contributed by atoms with Gasteiger partial charge in [-0.05, 0) is 31.5 Å². The van der Waals surface area contributed by atoms with Crippen LogP contribution < -0.4 is 10.2 Å². The third-order valence-corrected chi connectivity index (χ3v) is 3.26. The van der Waals surface area contributed by atoms with Gasteiger partial charge in [-0.2, -0.15) is 0 Å². The third-order valence-electron chi connectivity index (χ3n) is 3.26. The molecule has 1 aromatic rings. The van der Waals surface area contributed by atoms with Crippen LogP contribution in [0.25, 0.3) is 0 Å². The van der Waals surface area contributed by atoms with Crippen LogP contribution in [0.4, 0.5) is 5.69 Å². The molecule has 1 aliphatic rings. The summed E-state index contributed by atoms with van der Waals surface area (Å²) < 4.78 is 0. The number of benzene rings is 1. The lowest BCUT2D eigenvalue weighted by Crippen LogP contribution is -2.46. The number of aryl methyl sites for hydroxylation is 1. The van der Waals surface area contributed by atoms with Crippen molar-refractivity contribution in [2.24, 2.45) is 0 Å². The number of anilines is 1. The Morgan fingerprint density at radius 2 is 2.29 bits per heavy atom. The molecular weight excluding hydrogens is 216 g/mol. The molecule has 1 heterocycles. The van der Waals surface area contributed by atoms with Gasteiger partial charge in [-0.25, -0.2) is 0 Å². The molecule has 0 fully saturated rings. The summed E-state index contributed by atoms with van der Waals surface area (Å²) in [6.45, 7) is 1.45. The van der Waals surface area contributed by atoms with E-state index in [1.165, 1.54) is 11.3 Å². The number of likely N-dealkylation sites (N-methyl/N-ethyl adjacent to an activating group) is 1.